The Kier molecular flexibility index (Phi) is 6.62. The van der Waals surface area contributed by atoms with Gasteiger partial charge >= 0.3 is 5.97 Å². The van der Waals surface area contributed by atoms with Gasteiger partial charge in [-0.15, -0.1) is 0 Å². The highest BCUT2D eigenvalue weighted by atomic mass is 16.4. The number of carboxylic acid groups (broad SMARTS) is 1. The molecule has 1 aliphatic carbocycles. The molecular weight excluding hydrogens is 256 g/mol. The zero-order valence-corrected chi connectivity index (χ0v) is 12.6. The summed E-state index contributed by atoms with van der Waals surface area (Å²) >= 11 is 0. The number of carbonyl (C=O) groups is 2. The van der Waals surface area contributed by atoms with Crippen molar-refractivity contribution in [2.24, 2.45) is 17.1 Å². The van der Waals surface area contributed by atoms with Crippen molar-refractivity contribution in [2.75, 3.05) is 6.54 Å². The molecule has 116 valence electrons. The maximum absolute atomic E-state index is 10.7. The molecule has 0 aromatic carbocycles. The molecule has 0 aliphatic heterocycles. The van der Waals surface area contributed by atoms with Crippen LogP contribution in [0.2, 0.25) is 0 Å². The molecule has 4 N–H and O–H groups in total. The Bertz CT molecular complexity index is 327. The zero-order valence-electron chi connectivity index (χ0n) is 12.6. The Morgan fingerprint density at radius 1 is 1.45 bits per heavy atom. The van der Waals surface area contributed by atoms with E-state index in [-0.39, 0.29) is 12.5 Å². The quantitative estimate of drug-likeness (QED) is 0.501. The summed E-state index contributed by atoms with van der Waals surface area (Å²) < 4.78 is 0. The van der Waals surface area contributed by atoms with E-state index in [1.54, 1.807) is 0 Å². The van der Waals surface area contributed by atoms with E-state index >= 15 is 0 Å². The van der Waals surface area contributed by atoms with Gasteiger partial charge < -0.3 is 21.0 Å². The van der Waals surface area contributed by atoms with Crippen molar-refractivity contribution in [1.29, 1.82) is 0 Å². The van der Waals surface area contributed by atoms with Crippen molar-refractivity contribution in [1.82, 2.24) is 5.32 Å². The summed E-state index contributed by atoms with van der Waals surface area (Å²) in [5.74, 6) is -0.234. The molecule has 5 heteroatoms. The van der Waals surface area contributed by atoms with Gasteiger partial charge in [0.05, 0.1) is 12.5 Å². The first-order valence-electron chi connectivity index (χ1n) is 7.55. The highest BCUT2D eigenvalue weighted by Crippen LogP contribution is 2.55. The largest absolute Gasteiger partial charge is 0.481 e. The minimum absolute atomic E-state index is 0.0193. The number of nitrogens with one attached hydrogen (secondary N) is 1. The Hall–Kier alpha value is -0.940. The maximum atomic E-state index is 10.7. The maximum Gasteiger partial charge on any atom is 0.305 e. The Labute approximate surface area is 121 Å². The lowest BCUT2D eigenvalue weighted by Crippen LogP contribution is -2.41. The highest BCUT2D eigenvalue weighted by Gasteiger charge is 2.44. The van der Waals surface area contributed by atoms with Crippen molar-refractivity contribution in [3.63, 3.8) is 0 Å². The second kappa shape index (κ2) is 7.74. The molecule has 20 heavy (non-hydrogen) atoms. The third-order valence-electron chi connectivity index (χ3n) is 4.57. The van der Waals surface area contributed by atoms with E-state index in [1.807, 2.05) is 0 Å². The van der Waals surface area contributed by atoms with Crippen LogP contribution in [0.5, 0.6) is 0 Å². The standard InChI is InChI=1S/C15H28N2O3/c1-11(2)15(6-7-15)5-3-4-12(16)9-17-13(10-18)8-14(19)20/h10-13,17H,3-9,16H2,1-2H3,(H,19,20)/t12?,13-/m1/s1. The van der Waals surface area contributed by atoms with Crippen molar-refractivity contribution < 1.29 is 14.7 Å². The SMILES string of the molecule is CC(C)C1(CCCC(N)CN[C@@H](C=O)CC(=O)O)CC1. The third-order valence-corrected chi connectivity index (χ3v) is 4.57. The van der Waals surface area contributed by atoms with E-state index in [0.717, 1.165) is 18.8 Å². The molecule has 2 atom stereocenters. The molecule has 0 aromatic rings. The number of hydrogen-bond donors (Lipinski definition) is 3. The molecule has 0 heterocycles. The summed E-state index contributed by atoms with van der Waals surface area (Å²) in [5, 5.41) is 11.6. The number of aliphatic carboxylic acids is 1. The van der Waals surface area contributed by atoms with E-state index < -0.39 is 12.0 Å². The van der Waals surface area contributed by atoms with Crippen LogP contribution in [0.15, 0.2) is 0 Å². The van der Waals surface area contributed by atoms with Gasteiger partial charge in [0.1, 0.15) is 6.29 Å². The molecule has 1 rings (SSSR count). The average molecular weight is 284 g/mol. The van der Waals surface area contributed by atoms with Gasteiger partial charge in [-0.2, -0.15) is 0 Å². The fourth-order valence-corrected chi connectivity index (χ4v) is 2.75. The van der Waals surface area contributed by atoms with Crippen molar-refractivity contribution in [3.05, 3.63) is 0 Å². The average Bonchev–Trinajstić information content (AvgIpc) is 3.15. The summed E-state index contributed by atoms with van der Waals surface area (Å²) in [5.41, 5.74) is 6.56. The van der Waals surface area contributed by atoms with Crippen LogP contribution < -0.4 is 11.1 Å². The minimum Gasteiger partial charge on any atom is -0.481 e. The van der Waals surface area contributed by atoms with Crippen molar-refractivity contribution in [2.45, 2.75) is 64.5 Å². The van der Waals surface area contributed by atoms with Crippen LogP contribution in [-0.4, -0.2) is 36.0 Å². The number of hydrogen-bond acceptors (Lipinski definition) is 4. The molecule has 0 bridgehead atoms. The fourth-order valence-electron chi connectivity index (χ4n) is 2.75. The Morgan fingerprint density at radius 2 is 2.10 bits per heavy atom. The lowest BCUT2D eigenvalue weighted by Gasteiger charge is -2.21. The lowest BCUT2D eigenvalue weighted by atomic mass is 9.87. The van der Waals surface area contributed by atoms with Gasteiger partial charge in [-0.05, 0) is 37.0 Å². The van der Waals surface area contributed by atoms with E-state index in [4.69, 9.17) is 10.8 Å². The first-order valence-corrected chi connectivity index (χ1v) is 7.55. The number of rotatable bonds is 11. The molecule has 0 spiro atoms. The van der Waals surface area contributed by atoms with Gasteiger partial charge in [0.15, 0.2) is 0 Å². The van der Waals surface area contributed by atoms with Crippen LogP contribution in [0.1, 0.15) is 52.4 Å². The number of carboxylic acids is 1. The van der Waals surface area contributed by atoms with Gasteiger partial charge in [0.2, 0.25) is 0 Å². The van der Waals surface area contributed by atoms with Crippen LogP contribution in [0, 0.1) is 11.3 Å². The monoisotopic (exact) mass is 284 g/mol. The number of nitrogens with two attached hydrogens (primary N) is 1. The summed E-state index contributed by atoms with van der Waals surface area (Å²) in [4.78, 5) is 21.3. The molecule has 5 nitrogen and oxygen atoms in total. The van der Waals surface area contributed by atoms with E-state index in [2.05, 4.69) is 19.2 Å². The predicted octanol–water partition coefficient (Wildman–Crippen LogP) is 1.55. The molecule has 0 aromatic heterocycles. The smallest absolute Gasteiger partial charge is 0.305 e. The zero-order chi connectivity index (χ0) is 15.2. The van der Waals surface area contributed by atoms with Crippen LogP contribution in [-0.2, 0) is 9.59 Å². The van der Waals surface area contributed by atoms with E-state index in [1.165, 1.54) is 19.3 Å². The third kappa shape index (κ3) is 5.59. The highest BCUT2D eigenvalue weighted by molar-refractivity contribution is 5.73. The van der Waals surface area contributed by atoms with Crippen LogP contribution in [0.3, 0.4) is 0 Å². The minimum atomic E-state index is -0.976. The molecule has 1 unspecified atom stereocenters. The van der Waals surface area contributed by atoms with Gasteiger partial charge in [0.25, 0.3) is 0 Å². The Balaban J connectivity index is 2.15. The van der Waals surface area contributed by atoms with Crippen LogP contribution in [0.4, 0.5) is 0 Å². The van der Waals surface area contributed by atoms with Crippen molar-refractivity contribution >= 4 is 12.3 Å². The summed E-state index contributed by atoms with van der Waals surface area (Å²) in [6.07, 6.45) is 6.37. The van der Waals surface area contributed by atoms with Gasteiger partial charge in [-0.25, -0.2) is 0 Å². The Morgan fingerprint density at radius 3 is 2.55 bits per heavy atom. The van der Waals surface area contributed by atoms with Gasteiger partial charge in [-0.3, -0.25) is 4.79 Å². The van der Waals surface area contributed by atoms with Gasteiger partial charge in [-0.1, -0.05) is 20.3 Å². The van der Waals surface area contributed by atoms with E-state index in [0.29, 0.717) is 18.2 Å². The van der Waals surface area contributed by atoms with E-state index in [9.17, 15) is 9.59 Å². The molecule has 1 saturated carbocycles. The summed E-state index contributed by atoms with van der Waals surface area (Å²) in [6, 6.07) is -0.654. The predicted molar refractivity (Wildman–Crippen MR) is 78.4 cm³/mol. The van der Waals surface area contributed by atoms with Crippen LogP contribution >= 0.6 is 0 Å². The molecule has 0 radical (unpaired) electrons. The molecular formula is C15H28N2O3. The molecule has 0 saturated heterocycles. The first kappa shape index (κ1) is 17.1. The second-order valence-corrected chi connectivity index (χ2v) is 6.42. The topological polar surface area (TPSA) is 92.4 Å². The summed E-state index contributed by atoms with van der Waals surface area (Å²) in [6.45, 7) is 5.06. The lowest BCUT2D eigenvalue weighted by molar-refractivity contribution is -0.138. The second-order valence-electron chi connectivity index (χ2n) is 6.42. The number of aldehydes is 1. The normalized spacial score (nSPS) is 19.6. The summed E-state index contributed by atoms with van der Waals surface area (Å²) in [7, 11) is 0. The van der Waals surface area contributed by atoms with Gasteiger partial charge in [0, 0.05) is 12.6 Å². The van der Waals surface area contributed by atoms with Crippen LogP contribution in [0.25, 0.3) is 0 Å². The first-order chi connectivity index (χ1) is 9.39. The number of carbonyl (C=O) groups excluding carboxylic acids is 1. The molecule has 0 amide bonds. The molecule has 1 aliphatic rings. The fraction of sp³-hybridized carbons (Fsp3) is 0.867. The molecule has 1 fully saturated rings. The van der Waals surface area contributed by atoms with Crippen molar-refractivity contribution in [3.8, 4) is 0 Å².